The highest BCUT2D eigenvalue weighted by molar-refractivity contribution is 5.79. The second-order valence-electron chi connectivity index (χ2n) is 6.80. The minimum Gasteiger partial charge on any atom is -0.494 e. The van der Waals surface area contributed by atoms with Crippen LogP contribution in [0.2, 0.25) is 0 Å². The van der Waals surface area contributed by atoms with Crippen molar-refractivity contribution < 1.29 is 23.8 Å². The van der Waals surface area contributed by atoms with E-state index in [9.17, 15) is 19.1 Å². The van der Waals surface area contributed by atoms with E-state index in [0.717, 1.165) is 16.9 Å². The first kappa shape index (κ1) is 21.4. The lowest BCUT2D eigenvalue weighted by Crippen LogP contribution is -2.37. The fourth-order valence-electron chi connectivity index (χ4n) is 2.93. The molecule has 28 heavy (non-hydrogen) atoms. The lowest BCUT2D eigenvalue weighted by Gasteiger charge is -2.17. The Morgan fingerprint density at radius 1 is 1.11 bits per heavy atom. The van der Waals surface area contributed by atoms with Crippen LogP contribution in [0.3, 0.4) is 0 Å². The second kappa shape index (κ2) is 10.4. The first-order valence-electron chi connectivity index (χ1n) is 9.35. The second-order valence-corrected chi connectivity index (χ2v) is 6.80. The first-order chi connectivity index (χ1) is 13.4. The third-order valence-corrected chi connectivity index (χ3v) is 4.47. The van der Waals surface area contributed by atoms with Crippen LogP contribution in [0, 0.1) is 17.7 Å². The molecule has 0 aliphatic heterocycles. The molecule has 2 aromatic carbocycles. The van der Waals surface area contributed by atoms with Crippen molar-refractivity contribution in [3.63, 3.8) is 0 Å². The Hall–Kier alpha value is -2.89. The maximum atomic E-state index is 13.3. The largest absolute Gasteiger partial charge is 0.494 e. The molecule has 0 aromatic heterocycles. The van der Waals surface area contributed by atoms with Crippen molar-refractivity contribution in [2.24, 2.45) is 11.8 Å². The lowest BCUT2D eigenvalue weighted by atomic mass is 9.97. The summed E-state index contributed by atoms with van der Waals surface area (Å²) in [6.07, 6.45) is 0.695. The molecule has 6 heteroatoms. The van der Waals surface area contributed by atoms with Crippen molar-refractivity contribution in [2.45, 2.75) is 26.7 Å². The summed E-state index contributed by atoms with van der Waals surface area (Å²) in [5, 5.41) is 12.2. The molecule has 0 aliphatic rings. The molecule has 150 valence electrons. The molecule has 0 saturated heterocycles. The highest BCUT2D eigenvalue weighted by Crippen LogP contribution is 2.16. The van der Waals surface area contributed by atoms with E-state index >= 15 is 0 Å². The van der Waals surface area contributed by atoms with Crippen molar-refractivity contribution in [3.8, 4) is 5.75 Å². The van der Waals surface area contributed by atoms with Gasteiger partial charge in [0, 0.05) is 12.5 Å². The minimum atomic E-state index is -0.966. The number of halogens is 1. The summed E-state index contributed by atoms with van der Waals surface area (Å²) in [5.74, 6) is -1.94. The number of aliphatic carboxylic acids is 1. The Labute approximate surface area is 164 Å². The van der Waals surface area contributed by atoms with E-state index in [0.29, 0.717) is 19.4 Å². The summed E-state index contributed by atoms with van der Waals surface area (Å²) >= 11 is 0. The van der Waals surface area contributed by atoms with Gasteiger partial charge in [-0.2, -0.15) is 0 Å². The summed E-state index contributed by atoms with van der Waals surface area (Å²) in [4.78, 5) is 23.9. The van der Waals surface area contributed by atoms with E-state index < -0.39 is 11.9 Å². The van der Waals surface area contributed by atoms with Gasteiger partial charge < -0.3 is 15.2 Å². The minimum absolute atomic E-state index is 0.0366. The Kier molecular flexibility index (Phi) is 7.99. The van der Waals surface area contributed by atoms with Crippen LogP contribution >= 0.6 is 0 Å². The van der Waals surface area contributed by atoms with Gasteiger partial charge >= 0.3 is 5.97 Å². The number of amides is 1. The Bertz CT molecular complexity index is 791. The molecule has 2 atom stereocenters. The summed E-state index contributed by atoms with van der Waals surface area (Å²) in [6.45, 7) is 4.24. The number of ether oxygens (including phenoxy) is 1. The SMILES string of the molecule is CCOc1ccc(CC(CNC(=O)C(C)Cc2cccc(F)c2)C(=O)O)cc1. The molecule has 0 heterocycles. The average molecular weight is 387 g/mol. The quantitative estimate of drug-likeness (QED) is 0.655. The predicted octanol–water partition coefficient (Wildman–Crippen LogP) is 3.46. The van der Waals surface area contributed by atoms with Crippen LogP contribution in [0.1, 0.15) is 25.0 Å². The molecule has 1 amide bonds. The third kappa shape index (κ3) is 6.68. The van der Waals surface area contributed by atoms with Crippen molar-refractivity contribution in [2.75, 3.05) is 13.2 Å². The number of carboxylic acids is 1. The van der Waals surface area contributed by atoms with Crippen molar-refractivity contribution in [1.82, 2.24) is 5.32 Å². The van der Waals surface area contributed by atoms with Crippen molar-refractivity contribution in [3.05, 3.63) is 65.5 Å². The Balaban J connectivity index is 1.89. The van der Waals surface area contributed by atoms with Gasteiger partial charge in [-0.05, 0) is 55.2 Å². The Morgan fingerprint density at radius 3 is 2.43 bits per heavy atom. The van der Waals surface area contributed by atoms with Crippen LogP contribution in [0.4, 0.5) is 4.39 Å². The molecule has 0 bridgehead atoms. The highest BCUT2D eigenvalue weighted by Gasteiger charge is 2.21. The molecule has 0 fully saturated rings. The van der Waals surface area contributed by atoms with E-state index in [4.69, 9.17) is 4.74 Å². The molecule has 5 nitrogen and oxygen atoms in total. The van der Waals surface area contributed by atoms with E-state index in [1.807, 2.05) is 19.1 Å². The number of benzene rings is 2. The number of carbonyl (C=O) groups is 2. The average Bonchev–Trinajstić information content (AvgIpc) is 2.66. The standard InChI is InChI=1S/C22H26FNO4/c1-3-28-20-9-7-16(8-10-20)12-18(22(26)27)14-24-21(25)15(2)11-17-5-4-6-19(23)13-17/h4-10,13,15,18H,3,11-12,14H2,1-2H3,(H,24,25)(H,26,27). The number of hydrogen-bond donors (Lipinski definition) is 2. The van der Waals surface area contributed by atoms with E-state index in [1.54, 1.807) is 31.2 Å². The molecule has 0 spiro atoms. The summed E-state index contributed by atoms with van der Waals surface area (Å²) < 4.78 is 18.6. The fourth-order valence-corrected chi connectivity index (χ4v) is 2.93. The number of carboxylic acid groups (broad SMARTS) is 1. The van der Waals surface area contributed by atoms with Gasteiger partial charge in [-0.3, -0.25) is 9.59 Å². The number of hydrogen-bond acceptors (Lipinski definition) is 3. The predicted molar refractivity (Wildman–Crippen MR) is 105 cm³/mol. The van der Waals surface area contributed by atoms with Gasteiger partial charge in [-0.15, -0.1) is 0 Å². The van der Waals surface area contributed by atoms with E-state index in [2.05, 4.69) is 5.32 Å². The topological polar surface area (TPSA) is 75.6 Å². The monoisotopic (exact) mass is 387 g/mol. The zero-order valence-corrected chi connectivity index (χ0v) is 16.2. The van der Waals surface area contributed by atoms with Crippen molar-refractivity contribution >= 4 is 11.9 Å². The van der Waals surface area contributed by atoms with Gasteiger partial charge in [0.25, 0.3) is 0 Å². The maximum Gasteiger partial charge on any atom is 0.308 e. The van der Waals surface area contributed by atoms with Gasteiger partial charge in [0.05, 0.1) is 12.5 Å². The van der Waals surface area contributed by atoms with Gasteiger partial charge in [-0.25, -0.2) is 4.39 Å². The van der Waals surface area contributed by atoms with Gasteiger partial charge in [0.15, 0.2) is 0 Å². The first-order valence-corrected chi connectivity index (χ1v) is 9.35. The zero-order chi connectivity index (χ0) is 20.5. The molecule has 2 N–H and O–H groups in total. The molecule has 0 aliphatic carbocycles. The smallest absolute Gasteiger partial charge is 0.308 e. The molecule has 0 saturated carbocycles. The lowest BCUT2D eigenvalue weighted by molar-refractivity contribution is -0.141. The van der Waals surface area contributed by atoms with Gasteiger partial charge in [-0.1, -0.05) is 31.2 Å². The molecular weight excluding hydrogens is 361 g/mol. The number of carbonyl (C=O) groups excluding carboxylic acids is 1. The van der Waals surface area contributed by atoms with Crippen LogP contribution in [-0.4, -0.2) is 30.1 Å². The fraction of sp³-hybridized carbons (Fsp3) is 0.364. The van der Waals surface area contributed by atoms with Crippen LogP contribution < -0.4 is 10.1 Å². The van der Waals surface area contributed by atoms with Crippen LogP contribution in [0.15, 0.2) is 48.5 Å². The molecule has 2 aromatic rings. The Morgan fingerprint density at radius 2 is 1.82 bits per heavy atom. The van der Waals surface area contributed by atoms with E-state index in [-0.39, 0.29) is 24.2 Å². The van der Waals surface area contributed by atoms with Crippen LogP contribution in [0.5, 0.6) is 5.75 Å². The highest BCUT2D eigenvalue weighted by atomic mass is 19.1. The summed E-state index contributed by atoms with van der Waals surface area (Å²) in [5.41, 5.74) is 1.59. The van der Waals surface area contributed by atoms with E-state index in [1.165, 1.54) is 12.1 Å². The summed E-state index contributed by atoms with van der Waals surface area (Å²) in [7, 11) is 0. The van der Waals surface area contributed by atoms with Crippen LogP contribution in [0.25, 0.3) is 0 Å². The van der Waals surface area contributed by atoms with Gasteiger partial charge in [0.2, 0.25) is 5.91 Å². The molecular formula is C22H26FNO4. The zero-order valence-electron chi connectivity index (χ0n) is 16.2. The van der Waals surface area contributed by atoms with Crippen molar-refractivity contribution in [1.29, 1.82) is 0 Å². The van der Waals surface area contributed by atoms with Gasteiger partial charge in [0.1, 0.15) is 11.6 Å². The maximum absolute atomic E-state index is 13.3. The van der Waals surface area contributed by atoms with Crippen LogP contribution in [-0.2, 0) is 22.4 Å². The number of nitrogens with one attached hydrogen (secondary N) is 1. The molecule has 2 rings (SSSR count). The summed E-state index contributed by atoms with van der Waals surface area (Å²) in [6, 6.07) is 13.4. The molecule has 2 unspecified atom stereocenters. The third-order valence-electron chi connectivity index (χ3n) is 4.47. The molecule has 0 radical (unpaired) electrons. The normalized spacial score (nSPS) is 12.8. The number of rotatable bonds is 10.